The number of alkyl halides is 6. The van der Waals surface area contributed by atoms with Crippen LogP contribution in [0.4, 0.5) is 0 Å². The van der Waals surface area contributed by atoms with Crippen molar-refractivity contribution < 1.29 is 0 Å². The number of aromatic amines is 1. The zero-order valence-electron chi connectivity index (χ0n) is 6.09. The van der Waals surface area contributed by atoms with Crippen molar-refractivity contribution in [2.24, 2.45) is 0 Å². The molecule has 0 saturated carbocycles. The van der Waals surface area contributed by atoms with Crippen molar-refractivity contribution in [3.8, 4) is 0 Å². The molecule has 0 saturated heterocycles. The van der Waals surface area contributed by atoms with Crippen LogP contribution in [-0.4, -0.2) is 10.2 Å². The molecule has 0 aromatic carbocycles. The van der Waals surface area contributed by atoms with E-state index in [4.69, 9.17) is 0 Å². The molecule has 0 fully saturated rings. The summed E-state index contributed by atoms with van der Waals surface area (Å²) in [6.45, 7) is 0. The smallest absolute Gasteiger partial charge is 0.179 e. The standard InChI is InChI=1S/C5HBr7N2/c6-1-2(4(7,8)9)13-14-3(1)5(10,11)12/h(H,13,14). The van der Waals surface area contributed by atoms with Gasteiger partial charge in [0.1, 0.15) is 5.69 Å². The highest BCUT2D eigenvalue weighted by atomic mass is 80.0. The number of rotatable bonds is 0. The number of nitrogens with one attached hydrogen (secondary N) is 1. The van der Waals surface area contributed by atoms with Gasteiger partial charge in [0.2, 0.25) is 0 Å². The molecule has 80 valence electrons. The number of hydrogen-bond donors (Lipinski definition) is 1. The van der Waals surface area contributed by atoms with Gasteiger partial charge in [-0.15, -0.1) is 0 Å². The van der Waals surface area contributed by atoms with Gasteiger partial charge in [-0.1, -0.05) is 95.6 Å². The average molecular weight is 648 g/mol. The van der Waals surface area contributed by atoms with Crippen LogP contribution in [0.2, 0.25) is 0 Å². The maximum absolute atomic E-state index is 4.15. The summed E-state index contributed by atoms with van der Waals surface area (Å²) >= 11 is 23.8. The Kier molecular flexibility index (Phi) is 5.28. The van der Waals surface area contributed by atoms with Crippen LogP contribution in [0.3, 0.4) is 0 Å². The van der Waals surface area contributed by atoms with Gasteiger partial charge in [0, 0.05) is 0 Å². The highest BCUT2D eigenvalue weighted by Gasteiger charge is 2.34. The minimum absolute atomic E-state index is 0.519. The second kappa shape index (κ2) is 5.06. The maximum Gasteiger partial charge on any atom is 0.179 e. The maximum atomic E-state index is 4.15. The number of halogens is 7. The lowest BCUT2D eigenvalue weighted by molar-refractivity contribution is 0.992. The third-order valence-corrected chi connectivity index (χ3v) is 4.35. The molecule has 1 rings (SSSR count). The Morgan fingerprint density at radius 2 is 1.43 bits per heavy atom. The van der Waals surface area contributed by atoms with E-state index in [1.165, 1.54) is 0 Å². The molecule has 0 amide bonds. The van der Waals surface area contributed by atoms with Crippen molar-refractivity contribution in [1.82, 2.24) is 10.2 Å². The summed E-state index contributed by atoms with van der Waals surface area (Å²) in [5.74, 6) is 0. The van der Waals surface area contributed by atoms with Crippen LogP contribution < -0.4 is 0 Å². The molecule has 0 radical (unpaired) electrons. The summed E-state index contributed by atoms with van der Waals surface area (Å²) in [5.41, 5.74) is 1.59. The number of H-pyrrole nitrogens is 1. The summed E-state index contributed by atoms with van der Waals surface area (Å²) in [4.78, 5) is 0. The lowest BCUT2D eigenvalue weighted by Gasteiger charge is -2.12. The highest BCUT2D eigenvalue weighted by molar-refractivity contribution is 9.39. The van der Waals surface area contributed by atoms with E-state index in [1.807, 2.05) is 0 Å². The molecule has 2 nitrogen and oxygen atoms in total. The van der Waals surface area contributed by atoms with Gasteiger partial charge in [0.15, 0.2) is 4.29 Å². The number of nitrogens with zero attached hydrogens (tertiary/aromatic N) is 1. The summed E-state index contributed by atoms with van der Waals surface area (Å²) < 4.78 is -0.220. The molecule has 9 heteroatoms. The third-order valence-electron chi connectivity index (χ3n) is 1.26. The molecule has 0 aliphatic carbocycles. The summed E-state index contributed by atoms with van der Waals surface area (Å²) in [5, 5.41) is 7.04. The van der Waals surface area contributed by atoms with E-state index in [0.29, 0.717) is 0 Å². The molecule has 0 unspecified atom stereocenters. The first kappa shape index (κ1) is 14.6. The van der Waals surface area contributed by atoms with Gasteiger partial charge >= 0.3 is 0 Å². The molecule has 14 heavy (non-hydrogen) atoms. The fraction of sp³-hybridized carbons (Fsp3) is 0.400. The Labute approximate surface area is 140 Å². The molecular formula is C5HBr7N2. The molecule has 0 bridgehead atoms. The quantitative estimate of drug-likeness (QED) is 0.357. The summed E-state index contributed by atoms with van der Waals surface area (Å²) in [6.07, 6.45) is 0. The molecule has 0 spiro atoms. The van der Waals surface area contributed by atoms with E-state index >= 15 is 0 Å². The Morgan fingerprint density at radius 1 is 0.929 bits per heavy atom. The monoisotopic (exact) mass is 641 g/mol. The zero-order valence-corrected chi connectivity index (χ0v) is 17.2. The Morgan fingerprint density at radius 3 is 1.64 bits per heavy atom. The van der Waals surface area contributed by atoms with Crippen LogP contribution in [0.15, 0.2) is 4.47 Å². The summed E-state index contributed by atoms with van der Waals surface area (Å²) in [6, 6.07) is 0. The molecule has 0 aliphatic rings. The van der Waals surface area contributed by atoms with E-state index in [0.717, 1.165) is 15.9 Å². The van der Waals surface area contributed by atoms with Gasteiger partial charge in [-0.05, 0) is 15.9 Å². The van der Waals surface area contributed by atoms with Crippen LogP contribution in [0.5, 0.6) is 0 Å². The Balaban J connectivity index is 3.23. The third kappa shape index (κ3) is 3.53. The molecule has 1 aromatic heterocycles. The largest absolute Gasteiger partial charge is 0.278 e. The predicted molar refractivity (Wildman–Crippen MR) is 83.2 cm³/mol. The van der Waals surface area contributed by atoms with E-state index < -0.39 is 4.29 Å². The molecular weight excluding hydrogens is 647 g/mol. The SMILES string of the molecule is Brc1c(C(Br)(Br)Br)n[nH]c1C(Br)(Br)Br. The van der Waals surface area contributed by atoms with Crippen LogP contribution in [0, 0.1) is 0 Å². The molecule has 0 aliphatic heterocycles. The summed E-state index contributed by atoms with van der Waals surface area (Å²) in [7, 11) is 0. The van der Waals surface area contributed by atoms with Gasteiger partial charge in [-0.2, -0.15) is 5.10 Å². The number of hydrogen-bond acceptors (Lipinski definition) is 1. The van der Waals surface area contributed by atoms with E-state index in [2.05, 4.69) is 122 Å². The molecule has 0 atom stereocenters. The molecule has 1 N–H and O–H groups in total. The van der Waals surface area contributed by atoms with E-state index in [1.54, 1.807) is 0 Å². The first-order valence-electron chi connectivity index (χ1n) is 3.02. The van der Waals surface area contributed by atoms with Crippen LogP contribution in [0.25, 0.3) is 0 Å². The zero-order chi connectivity index (χ0) is 11.1. The minimum Gasteiger partial charge on any atom is -0.278 e. The fourth-order valence-electron chi connectivity index (χ4n) is 0.704. The van der Waals surface area contributed by atoms with Crippen molar-refractivity contribution in [3.63, 3.8) is 0 Å². The Bertz CT molecular complexity index is 301. The van der Waals surface area contributed by atoms with Crippen LogP contribution in [0.1, 0.15) is 11.4 Å². The molecule has 1 aromatic rings. The first-order valence-corrected chi connectivity index (χ1v) is 8.57. The second-order valence-corrected chi connectivity index (χ2v) is 16.6. The van der Waals surface area contributed by atoms with Crippen molar-refractivity contribution in [2.45, 2.75) is 4.29 Å². The minimum atomic E-state index is -0.543. The fourth-order valence-corrected chi connectivity index (χ4v) is 4.79. The van der Waals surface area contributed by atoms with Gasteiger partial charge in [0.25, 0.3) is 0 Å². The van der Waals surface area contributed by atoms with Crippen molar-refractivity contribution in [3.05, 3.63) is 15.9 Å². The number of aromatic nitrogens is 2. The van der Waals surface area contributed by atoms with E-state index in [9.17, 15) is 0 Å². The van der Waals surface area contributed by atoms with Gasteiger partial charge in [-0.25, -0.2) is 0 Å². The van der Waals surface area contributed by atoms with Crippen molar-refractivity contribution in [1.29, 1.82) is 0 Å². The van der Waals surface area contributed by atoms with E-state index in [-0.39, 0.29) is 0 Å². The van der Waals surface area contributed by atoms with Gasteiger partial charge in [-0.3, -0.25) is 5.10 Å². The lowest BCUT2D eigenvalue weighted by atomic mass is 10.4. The normalized spacial score (nSPS) is 13.4. The van der Waals surface area contributed by atoms with Crippen LogP contribution >= 0.6 is 112 Å². The molecule has 1 heterocycles. The predicted octanol–water partition coefficient (Wildman–Crippen LogP) is 5.76. The lowest BCUT2D eigenvalue weighted by Crippen LogP contribution is -2.01. The highest BCUT2D eigenvalue weighted by Crippen LogP contribution is 2.52. The van der Waals surface area contributed by atoms with Crippen molar-refractivity contribution in [2.75, 3.05) is 0 Å². The van der Waals surface area contributed by atoms with Crippen LogP contribution in [-0.2, 0) is 4.29 Å². The van der Waals surface area contributed by atoms with Crippen molar-refractivity contribution >= 4 is 112 Å². The average Bonchev–Trinajstić information content (AvgIpc) is 2.26. The second-order valence-electron chi connectivity index (χ2n) is 2.26. The van der Waals surface area contributed by atoms with Gasteiger partial charge < -0.3 is 0 Å². The topological polar surface area (TPSA) is 28.7 Å². The van der Waals surface area contributed by atoms with Gasteiger partial charge in [0.05, 0.1) is 10.2 Å². The Hall–Kier alpha value is 2.57. The first-order chi connectivity index (χ1) is 6.14.